The molecule has 0 fully saturated rings. The van der Waals surface area contributed by atoms with Gasteiger partial charge < -0.3 is 20.1 Å². The van der Waals surface area contributed by atoms with E-state index in [2.05, 4.69) is 26.7 Å². The Morgan fingerprint density at radius 2 is 1.92 bits per heavy atom. The lowest BCUT2D eigenvalue weighted by Gasteiger charge is -2.14. The first-order valence-corrected chi connectivity index (χ1v) is 9.20. The first-order valence-electron chi connectivity index (χ1n) is 9.20. The second-order valence-corrected chi connectivity index (χ2v) is 6.66. The van der Waals surface area contributed by atoms with Gasteiger partial charge in [0.15, 0.2) is 11.5 Å². The van der Waals surface area contributed by atoms with Gasteiger partial charge in [0.25, 0.3) is 0 Å². The molecule has 1 aromatic carbocycles. The van der Waals surface area contributed by atoms with Crippen molar-refractivity contribution in [3.63, 3.8) is 0 Å². The summed E-state index contributed by atoms with van der Waals surface area (Å²) in [4.78, 5) is 8.96. The van der Waals surface area contributed by atoms with Crippen molar-refractivity contribution in [3.8, 4) is 11.5 Å². The van der Waals surface area contributed by atoms with E-state index < -0.39 is 0 Å². The van der Waals surface area contributed by atoms with Crippen LogP contribution in [0.1, 0.15) is 37.9 Å². The van der Waals surface area contributed by atoms with Gasteiger partial charge in [-0.15, -0.1) is 0 Å². The minimum Gasteiger partial charge on any atom is -0.454 e. The molecular weight excluding hydrogens is 328 g/mol. The lowest BCUT2D eigenvalue weighted by molar-refractivity contribution is 0.174. The van der Waals surface area contributed by atoms with Crippen molar-refractivity contribution in [1.82, 2.24) is 9.97 Å². The van der Waals surface area contributed by atoms with Crippen LogP contribution in [0.2, 0.25) is 0 Å². The number of anilines is 3. The minimum absolute atomic E-state index is 0.274. The summed E-state index contributed by atoms with van der Waals surface area (Å²) in [5, 5.41) is 6.74. The first kappa shape index (κ1) is 16.7. The molecule has 6 heteroatoms. The van der Waals surface area contributed by atoms with Crippen LogP contribution in [0.5, 0.6) is 11.5 Å². The molecule has 0 saturated heterocycles. The van der Waals surface area contributed by atoms with E-state index in [1.807, 2.05) is 31.2 Å². The Hall–Kier alpha value is -2.76. The van der Waals surface area contributed by atoms with Crippen molar-refractivity contribution < 1.29 is 9.47 Å². The quantitative estimate of drug-likeness (QED) is 0.743. The van der Waals surface area contributed by atoms with Gasteiger partial charge in [-0.1, -0.05) is 11.6 Å². The Labute approximate surface area is 153 Å². The largest absolute Gasteiger partial charge is 0.454 e. The Bertz CT molecular complexity index is 819. The van der Waals surface area contributed by atoms with Crippen molar-refractivity contribution in [2.24, 2.45) is 0 Å². The summed E-state index contributed by atoms with van der Waals surface area (Å²) in [6, 6.07) is 7.71. The molecule has 1 aromatic heterocycles. The van der Waals surface area contributed by atoms with Crippen molar-refractivity contribution in [1.29, 1.82) is 0 Å². The number of fused-ring (bicyclic) bond motifs is 1. The van der Waals surface area contributed by atoms with E-state index >= 15 is 0 Å². The fourth-order valence-corrected chi connectivity index (χ4v) is 3.33. The summed E-state index contributed by atoms with van der Waals surface area (Å²) in [5.41, 5.74) is 2.47. The highest BCUT2D eigenvalue weighted by atomic mass is 16.7. The predicted octanol–water partition coefficient (Wildman–Crippen LogP) is 4.56. The summed E-state index contributed by atoms with van der Waals surface area (Å²) >= 11 is 0. The van der Waals surface area contributed by atoms with Gasteiger partial charge >= 0.3 is 0 Å². The highest BCUT2D eigenvalue weighted by molar-refractivity contribution is 5.63. The van der Waals surface area contributed by atoms with Crippen LogP contribution in [0, 0.1) is 6.92 Å². The number of benzene rings is 1. The maximum atomic E-state index is 5.42. The topological polar surface area (TPSA) is 68.3 Å². The number of nitrogens with zero attached hydrogens (tertiary/aromatic N) is 2. The van der Waals surface area contributed by atoms with Crippen molar-refractivity contribution in [3.05, 3.63) is 41.7 Å². The Kier molecular flexibility index (Phi) is 4.91. The molecule has 0 radical (unpaired) electrons. The third-order valence-corrected chi connectivity index (χ3v) is 4.62. The van der Waals surface area contributed by atoms with E-state index in [0.717, 1.165) is 47.6 Å². The average molecular weight is 352 g/mol. The molecule has 1 aliphatic carbocycles. The third kappa shape index (κ3) is 4.07. The molecule has 6 nitrogen and oxygen atoms in total. The number of allylic oxidation sites excluding steroid dienone is 1. The van der Waals surface area contributed by atoms with E-state index in [0.29, 0.717) is 0 Å². The maximum absolute atomic E-state index is 5.42. The molecule has 26 heavy (non-hydrogen) atoms. The number of ether oxygens (including phenoxy) is 2. The van der Waals surface area contributed by atoms with E-state index in [1.54, 1.807) is 5.57 Å². The zero-order valence-electron chi connectivity index (χ0n) is 15.0. The standard InChI is InChI=1S/C20H24N4O2/c1-14-22-19(21-10-9-15-5-3-2-4-6-15)12-20(23-14)24-16-7-8-17-18(11-16)26-13-25-17/h5,7-8,11-12H,2-4,6,9-10,13H2,1H3,(H2,21,22,23,24). The molecule has 0 atom stereocenters. The molecule has 1 aliphatic heterocycles. The van der Waals surface area contributed by atoms with Gasteiger partial charge in [0.05, 0.1) is 0 Å². The van der Waals surface area contributed by atoms with Crippen LogP contribution in [-0.2, 0) is 0 Å². The van der Waals surface area contributed by atoms with Gasteiger partial charge in [0, 0.05) is 24.4 Å². The molecule has 136 valence electrons. The molecular formula is C20H24N4O2. The highest BCUT2D eigenvalue weighted by Crippen LogP contribution is 2.35. The smallest absolute Gasteiger partial charge is 0.231 e. The molecule has 4 rings (SSSR count). The normalized spacial score (nSPS) is 15.5. The molecule has 0 saturated carbocycles. The molecule has 2 heterocycles. The van der Waals surface area contributed by atoms with Crippen LogP contribution in [-0.4, -0.2) is 23.3 Å². The van der Waals surface area contributed by atoms with Crippen molar-refractivity contribution in [2.75, 3.05) is 24.0 Å². The second-order valence-electron chi connectivity index (χ2n) is 6.66. The fourth-order valence-electron chi connectivity index (χ4n) is 3.33. The minimum atomic E-state index is 0.274. The zero-order chi connectivity index (χ0) is 17.8. The monoisotopic (exact) mass is 352 g/mol. The van der Waals surface area contributed by atoms with E-state index in [-0.39, 0.29) is 6.79 Å². The summed E-state index contributed by atoms with van der Waals surface area (Å²) in [7, 11) is 0. The summed E-state index contributed by atoms with van der Waals surface area (Å²) < 4.78 is 10.8. The number of hydrogen-bond acceptors (Lipinski definition) is 6. The SMILES string of the molecule is Cc1nc(NCCC2=CCCCC2)cc(Nc2ccc3c(c2)OCO3)n1. The van der Waals surface area contributed by atoms with Gasteiger partial charge in [-0.25, -0.2) is 9.97 Å². The Balaban J connectivity index is 1.40. The fraction of sp³-hybridized carbons (Fsp3) is 0.400. The number of aryl methyl sites for hydroxylation is 1. The van der Waals surface area contributed by atoms with Crippen molar-refractivity contribution in [2.45, 2.75) is 39.0 Å². The number of aromatic nitrogens is 2. The van der Waals surface area contributed by atoms with Gasteiger partial charge in [0.1, 0.15) is 17.5 Å². The summed E-state index contributed by atoms with van der Waals surface area (Å²) in [6.07, 6.45) is 8.59. The molecule has 2 N–H and O–H groups in total. The maximum Gasteiger partial charge on any atom is 0.231 e. The molecule has 0 amide bonds. The van der Waals surface area contributed by atoms with Crippen LogP contribution < -0.4 is 20.1 Å². The second kappa shape index (κ2) is 7.64. The lowest BCUT2D eigenvalue weighted by atomic mass is 9.97. The van der Waals surface area contributed by atoms with Crippen LogP contribution in [0.25, 0.3) is 0 Å². The van der Waals surface area contributed by atoms with Crippen LogP contribution in [0.4, 0.5) is 17.3 Å². The van der Waals surface area contributed by atoms with Crippen LogP contribution in [0.15, 0.2) is 35.9 Å². The third-order valence-electron chi connectivity index (χ3n) is 4.62. The number of rotatable bonds is 6. The van der Waals surface area contributed by atoms with Crippen molar-refractivity contribution >= 4 is 17.3 Å². The summed E-state index contributed by atoms with van der Waals surface area (Å²) in [5.74, 6) is 3.86. The zero-order valence-corrected chi connectivity index (χ0v) is 15.0. The molecule has 0 unspecified atom stereocenters. The first-order chi connectivity index (χ1) is 12.8. The highest BCUT2D eigenvalue weighted by Gasteiger charge is 2.13. The van der Waals surface area contributed by atoms with E-state index in [9.17, 15) is 0 Å². The van der Waals surface area contributed by atoms with E-state index in [1.165, 1.54) is 25.7 Å². The van der Waals surface area contributed by atoms with Gasteiger partial charge in [-0.2, -0.15) is 0 Å². The molecule has 2 aromatic rings. The number of hydrogen-bond donors (Lipinski definition) is 2. The Morgan fingerprint density at radius 3 is 2.81 bits per heavy atom. The van der Waals surface area contributed by atoms with Crippen LogP contribution >= 0.6 is 0 Å². The van der Waals surface area contributed by atoms with E-state index in [4.69, 9.17) is 9.47 Å². The molecule has 0 spiro atoms. The Morgan fingerprint density at radius 1 is 1.04 bits per heavy atom. The molecule has 0 bridgehead atoms. The van der Waals surface area contributed by atoms with Gasteiger partial charge in [-0.05, 0) is 51.2 Å². The van der Waals surface area contributed by atoms with Gasteiger partial charge in [-0.3, -0.25) is 0 Å². The van der Waals surface area contributed by atoms with Crippen LogP contribution in [0.3, 0.4) is 0 Å². The summed E-state index contributed by atoms with van der Waals surface area (Å²) in [6.45, 7) is 3.07. The molecule has 2 aliphatic rings. The predicted molar refractivity (Wildman–Crippen MR) is 102 cm³/mol. The van der Waals surface area contributed by atoms with Gasteiger partial charge in [0.2, 0.25) is 6.79 Å². The lowest BCUT2D eigenvalue weighted by Crippen LogP contribution is -2.08. The number of nitrogens with one attached hydrogen (secondary N) is 2. The average Bonchev–Trinajstić information content (AvgIpc) is 3.10.